The molecule has 7 heteroatoms. The SMILES string of the molecule is CCSc1nc(NCCCO)c2sc3c(c2n1)COC(C)(C)C3. The minimum absolute atomic E-state index is 0.118. The predicted octanol–water partition coefficient (Wildman–Crippen LogP) is 3.45. The number of rotatable bonds is 6. The molecule has 0 spiro atoms. The summed E-state index contributed by atoms with van der Waals surface area (Å²) < 4.78 is 7.09. The maximum absolute atomic E-state index is 9.00. The van der Waals surface area contributed by atoms with E-state index in [2.05, 4.69) is 31.1 Å². The van der Waals surface area contributed by atoms with E-state index in [1.807, 2.05) is 0 Å². The van der Waals surface area contributed by atoms with Gasteiger partial charge in [-0.05, 0) is 26.0 Å². The summed E-state index contributed by atoms with van der Waals surface area (Å²) in [5.74, 6) is 1.83. The lowest BCUT2D eigenvalue weighted by Crippen LogP contribution is -2.30. The van der Waals surface area contributed by atoms with Crippen LogP contribution in [0.1, 0.15) is 37.6 Å². The molecule has 2 N–H and O–H groups in total. The van der Waals surface area contributed by atoms with E-state index in [0.717, 1.165) is 33.4 Å². The zero-order chi connectivity index (χ0) is 16.4. The highest BCUT2D eigenvalue weighted by Gasteiger charge is 2.30. The molecule has 0 amide bonds. The second kappa shape index (κ2) is 6.93. The first-order chi connectivity index (χ1) is 11.0. The number of fused-ring (bicyclic) bond motifs is 3. The molecule has 0 saturated carbocycles. The van der Waals surface area contributed by atoms with Crippen molar-refractivity contribution in [2.75, 3.05) is 24.2 Å². The lowest BCUT2D eigenvalue weighted by Gasteiger charge is -2.29. The van der Waals surface area contributed by atoms with Crippen LogP contribution in [0.2, 0.25) is 0 Å². The molecule has 1 aliphatic heterocycles. The molecule has 126 valence electrons. The molecule has 0 bridgehead atoms. The van der Waals surface area contributed by atoms with Gasteiger partial charge >= 0.3 is 0 Å². The molecule has 23 heavy (non-hydrogen) atoms. The fraction of sp³-hybridized carbons (Fsp3) is 0.625. The van der Waals surface area contributed by atoms with Crippen LogP contribution >= 0.6 is 23.1 Å². The Hall–Kier alpha value is -0.890. The van der Waals surface area contributed by atoms with Crippen LogP contribution in [0.5, 0.6) is 0 Å². The van der Waals surface area contributed by atoms with Gasteiger partial charge in [0.25, 0.3) is 0 Å². The third-order valence-corrected chi connectivity index (χ3v) is 5.74. The number of aliphatic hydroxyl groups is 1. The quantitative estimate of drug-likeness (QED) is 0.471. The molecule has 3 rings (SSSR count). The third kappa shape index (κ3) is 3.63. The van der Waals surface area contributed by atoms with E-state index in [1.54, 1.807) is 23.1 Å². The molecule has 0 unspecified atom stereocenters. The first-order valence-electron chi connectivity index (χ1n) is 7.98. The number of hydrogen-bond acceptors (Lipinski definition) is 7. The largest absolute Gasteiger partial charge is 0.396 e. The smallest absolute Gasteiger partial charge is 0.190 e. The van der Waals surface area contributed by atoms with Crippen molar-refractivity contribution in [1.82, 2.24) is 9.97 Å². The van der Waals surface area contributed by atoms with Crippen LogP contribution in [-0.2, 0) is 17.8 Å². The molecule has 0 aromatic carbocycles. The number of anilines is 1. The van der Waals surface area contributed by atoms with Gasteiger partial charge < -0.3 is 15.2 Å². The van der Waals surface area contributed by atoms with Gasteiger partial charge in [-0.15, -0.1) is 11.3 Å². The average Bonchev–Trinajstić information content (AvgIpc) is 2.84. The monoisotopic (exact) mass is 353 g/mol. The van der Waals surface area contributed by atoms with Gasteiger partial charge in [-0.1, -0.05) is 18.7 Å². The molecule has 0 aliphatic carbocycles. The van der Waals surface area contributed by atoms with E-state index in [9.17, 15) is 0 Å². The van der Waals surface area contributed by atoms with E-state index in [4.69, 9.17) is 14.8 Å². The van der Waals surface area contributed by atoms with Crippen LogP contribution in [0.25, 0.3) is 10.2 Å². The normalized spacial score (nSPS) is 16.5. The summed E-state index contributed by atoms with van der Waals surface area (Å²) in [5.41, 5.74) is 2.13. The zero-order valence-corrected chi connectivity index (χ0v) is 15.4. The Bertz CT molecular complexity index is 700. The second-order valence-electron chi connectivity index (χ2n) is 6.20. The highest BCUT2D eigenvalue weighted by Crippen LogP contribution is 2.41. The Labute approximate surface area is 144 Å². The van der Waals surface area contributed by atoms with Gasteiger partial charge in [-0.2, -0.15) is 0 Å². The van der Waals surface area contributed by atoms with Crippen LogP contribution in [0, 0.1) is 0 Å². The Balaban J connectivity index is 2.04. The molecule has 3 heterocycles. The van der Waals surface area contributed by atoms with Gasteiger partial charge in [0.2, 0.25) is 0 Å². The van der Waals surface area contributed by atoms with Gasteiger partial charge in [0.1, 0.15) is 5.82 Å². The van der Waals surface area contributed by atoms with Crippen LogP contribution in [0.4, 0.5) is 5.82 Å². The van der Waals surface area contributed by atoms with Crippen molar-refractivity contribution in [1.29, 1.82) is 0 Å². The molecule has 0 radical (unpaired) electrons. The van der Waals surface area contributed by atoms with E-state index in [-0.39, 0.29) is 12.2 Å². The number of aliphatic hydroxyl groups excluding tert-OH is 1. The van der Waals surface area contributed by atoms with Crippen molar-refractivity contribution in [2.45, 2.75) is 51.0 Å². The summed E-state index contributed by atoms with van der Waals surface area (Å²) in [6.07, 6.45) is 1.62. The van der Waals surface area contributed by atoms with Crippen LogP contribution in [0.3, 0.4) is 0 Å². The summed E-state index contributed by atoms with van der Waals surface area (Å²) >= 11 is 3.42. The van der Waals surface area contributed by atoms with Crippen molar-refractivity contribution in [3.63, 3.8) is 0 Å². The predicted molar refractivity (Wildman–Crippen MR) is 96.6 cm³/mol. The fourth-order valence-corrected chi connectivity index (χ4v) is 4.64. The summed E-state index contributed by atoms with van der Waals surface area (Å²) in [4.78, 5) is 10.8. The van der Waals surface area contributed by atoms with Gasteiger partial charge in [-0.3, -0.25) is 0 Å². The van der Waals surface area contributed by atoms with Gasteiger partial charge in [0.05, 0.1) is 22.4 Å². The standard InChI is InChI=1S/C16H23N3O2S2/c1-4-22-15-18-12-10-9-21-16(2,3)8-11(10)23-13(12)14(19-15)17-6-5-7-20/h20H,4-9H2,1-3H3,(H,17,18,19). The van der Waals surface area contributed by atoms with Crippen LogP contribution in [0.15, 0.2) is 5.16 Å². The topological polar surface area (TPSA) is 67.3 Å². The number of nitrogens with zero attached hydrogens (tertiary/aromatic N) is 2. The summed E-state index contributed by atoms with van der Waals surface area (Å²) in [6, 6.07) is 0. The zero-order valence-electron chi connectivity index (χ0n) is 13.8. The maximum atomic E-state index is 9.00. The number of aromatic nitrogens is 2. The fourth-order valence-electron chi connectivity index (χ4n) is 2.64. The molecule has 2 aromatic rings. The maximum Gasteiger partial charge on any atom is 0.190 e. The van der Waals surface area contributed by atoms with Crippen molar-refractivity contribution in [3.05, 3.63) is 10.4 Å². The first-order valence-corrected chi connectivity index (χ1v) is 9.78. The van der Waals surface area contributed by atoms with E-state index >= 15 is 0 Å². The Morgan fingerprint density at radius 1 is 1.39 bits per heavy atom. The molecular weight excluding hydrogens is 330 g/mol. The van der Waals surface area contributed by atoms with E-state index in [1.165, 1.54) is 10.4 Å². The minimum atomic E-state index is -0.118. The number of thioether (sulfide) groups is 1. The van der Waals surface area contributed by atoms with Gasteiger partial charge in [-0.25, -0.2) is 9.97 Å². The summed E-state index contributed by atoms with van der Waals surface area (Å²) in [5, 5.41) is 13.2. The van der Waals surface area contributed by atoms with Crippen molar-refractivity contribution >= 4 is 39.1 Å². The Morgan fingerprint density at radius 2 is 2.22 bits per heavy atom. The van der Waals surface area contributed by atoms with Crippen molar-refractivity contribution in [2.24, 2.45) is 0 Å². The lowest BCUT2D eigenvalue weighted by molar-refractivity contribution is -0.0383. The second-order valence-corrected chi connectivity index (χ2v) is 8.53. The third-order valence-electron chi connectivity index (χ3n) is 3.79. The molecular formula is C16H23N3O2S2. The van der Waals surface area contributed by atoms with Crippen LogP contribution < -0.4 is 5.32 Å². The van der Waals surface area contributed by atoms with Crippen molar-refractivity contribution in [3.8, 4) is 0 Å². The Kier molecular flexibility index (Phi) is 5.10. The average molecular weight is 354 g/mol. The van der Waals surface area contributed by atoms with E-state index < -0.39 is 0 Å². The summed E-state index contributed by atoms with van der Waals surface area (Å²) in [6.45, 7) is 7.87. The number of nitrogens with one attached hydrogen (secondary N) is 1. The van der Waals surface area contributed by atoms with Gasteiger partial charge in [0, 0.05) is 30.0 Å². The molecule has 0 saturated heterocycles. The highest BCUT2D eigenvalue weighted by atomic mass is 32.2. The lowest BCUT2D eigenvalue weighted by atomic mass is 9.98. The minimum Gasteiger partial charge on any atom is -0.396 e. The molecule has 0 fully saturated rings. The molecule has 5 nitrogen and oxygen atoms in total. The molecule has 2 aromatic heterocycles. The highest BCUT2D eigenvalue weighted by molar-refractivity contribution is 7.99. The summed E-state index contributed by atoms with van der Waals surface area (Å²) in [7, 11) is 0. The van der Waals surface area contributed by atoms with Gasteiger partial charge in [0.15, 0.2) is 5.16 Å². The first kappa shape index (κ1) is 17.0. The Morgan fingerprint density at radius 3 is 2.96 bits per heavy atom. The number of thiophene rings is 1. The molecule has 0 atom stereocenters. The van der Waals surface area contributed by atoms with E-state index in [0.29, 0.717) is 19.6 Å². The number of ether oxygens (including phenoxy) is 1. The van der Waals surface area contributed by atoms with Crippen LogP contribution in [-0.4, -0.2) is 39.6 Å². The number of hydrogen-bond donors (Lipinski definition) is 2. The molecule has 1 aliphatic rings. The van der Waals surface area contributed by atoms with Crippen molar-refractivity contribution < 1.29 is 9.84 Å².